The lowest BCUT2D eigenvalue weighted by molar-refractivity contribution is 0.627. The molecule has 0 aliphatic carbocycles. The van der Waals surface area contributed by atoms with E-state index in [4.69, 9.17) is 5.73 Å². The molecule has 0 bridgehead atoms. The minimum atomic E-state index is -0.223. The van der Waals surface area contributed by atoms with Gasteiger partial charge in [-0.2, -0.15) is 0 Å². The number of nitrogens with zero attached hydrogens (tertiary/aromatic N) is 2. The topological polar surface area (TPSA) is 51.8 Å². The van der Waals surface area contributed by atoms with Crippen LogP contribution in [0, 0.1) is 12.7 Å². The van der Waals surface area contributed by atoms with Crippen molar-refractivity contribution >= 4 is 11.3 Å². The quantitative estimate of drug-likeness (QED) is 0.908. The smallest absolute Gasteiger partial charge is 0.148 e. The molecule has 0 amide bonds. The minimum absolute atomic E-state index is 0.223. The Morgan fingerprint density at radius 3 is 2.88 bits per heavy atom. The zero-order valence-electron chi connectivity index (χ0n) is 9.61. The van der Waals surface area contributed by atoms with E-state index in [9.17, 15) is 4.39 Å². The van der Waals surface area contributed by atoms with Crippen LogP contribution in [0.4, 0.5) is 4.39 Å². The summed E-state index contributed by atoms with van der Waals surface area (Å²) in [6.07, 6.45) is 1.77. The van der Waals surface area contributed by atoms with Crippen molar-refractivity contribution < 1.29 is 4.39 Å². The Bertz CT molecular complexity index is 510. The van der Waals surface area contributed by atoms with Crippen LogP contribution in [-0.4, -0.2) is 16.7 Å². The number of aromatic nitrogens is 2. The van der Waals surface area contributed by atoms with E-state index in [0.29, 0.717) is 6.54 Å². The van der Waals surface area contributed by atoms with Gasteiger partial charge in [0, 0.05) is 12.0 Å². The molecule has 5 heteroatoms. The molecule has 2 aromatic rings. The molecule has 3 nitrogen and oxygen atoms in total. The van der Waals surface area contributed by atoms with Gasteiger partial charge in [0.15, 0.2) is 0 Å². The van der Waals surface area contributed by atoms with Crippen molar-refractivity contribution in [2.24, 2.45) is 5.73 Å². The summed E-state index contributed by atoms with van der Waals surface area (Å²) in [5.74, 6) is -0.223. The maximum atomic E-state index is 13.0. The van der Waals surface area contributed by atoms with Gasteiger partial charge in [-0.3, -0.25) is 0 Å². The van der Waals surface area contributed by atoms with E-state index in [1.54, 1.807) is 17.4 Å². The fourth-order valence-corrected chi connectivity index (χ4v) is 2.56. The maximum absolute atomic E-state index is 13.0. The minimum Gasteiger partial charge on any atom is -0.330 e. The first-order valence-electron chi connectivity index (χ1n) is 5.49. The average Bonchev–Trinajstić information content (AvgIpc) is 2.75. The van der Waals surface area contributed by atoms with Crippen molar-refractivity contribution in [1.82, 2.24) is 10.2 Å². The van der Waals surface area contributed by atoms with Crippen LogP contribution >= 0.6 is 11.3 Å². The molecule has 0 fully saturated rings. The third-order valence-electron chi connectivity index (χ3n) is 2.48. The summed E-state index contributed by atoms with van der Waals surface area (Å²) in [5.41, 5.74) is 7.28. The average molecular weight is 251 g/mol. The number of hydrogen-bond acceptors (Lipinski definition) is 4. The molecule has 0 unspecified atom stereocenters. The highest BCUT2D eigenvalue weighted by atomic mass is 32.1. The Morgan fingerprint density at radius 1 is 1.35 bits per heavy atom. The number of benzene rings is 1. The standard InChI is InChI=1S/C12H14FN3S/c1-8-7-9(13)4-5-10(8)12-16-15-11(17-12)3-2-6-14/h4-5,7H,2-3,6,14H2,1H3. The summed E-state index contributed by atoms with van der Waals surface area (Å²) in [5, 5.41) is 10.1. The Kier molecular flexibility index (Phi) is 3.81. The highest BCUT2D eigenvalue weighted by Crippen LogP contribution is 2.27. The fourth-order valence-electron chi connectivity index (χ4n) is 1.58. The first-order chi connectivity index (χ1) is 8.20. The van der Waals surface area contributed by atoms with E-state index in [0.717, 1.165) is 34.0 Å². The van der Waals surface area contributed by atoms with Crippen LogP contribution in [0.2, 0.25) is 0 Å². The van der Waals surface area contributed by atoms with Gasteiger partial charge in [0.05, 0.1) is 0 Å². The van der Waals surface area contributed by atoms with Gasteiger partial charge >= 0.3 is 0 Å². The zero-order chi connectivity index (χ0) is 12.3. The van der Waals surface area contributed by atoms with Crippen LogP contribution in [-0.2, 0) is 6.42 Å². The first-order valence-corrected chi connectivity index (χ1v) is 6.31. The number of halogens is 1. The Morgan fingerprint density at radius 2 is 2.18 bits per heavy atom. The summed E-state index contributed by atoms with van der Waals surface area (Å²) in [6.45, 7) is 2.53. The molecule has 1 aromatic carbocycles. The Labute approximate surface area is 104 Å². The highest BCUT2D eigenvalue weighted by Gasteiger charge is 2.09. The van der Waals surface area contributed by atoms with Gasteiger partial charge in [-0.15, -0.1) is 10.2 Å². The van der Waals surface area contributed by atoms with Crippen molar-refractivity contribution in [3.8, 4) is 10.6 Å². The molecule has 0 aliphatic rings. The summed E-state index contributed by atoms with van der Waals surface area (Å²) in [7, 11) is 0. The van der Waals surface area contributed by atoms with Crippen LogP contribution in [0.1, 0.15) is 17.0 Å². The predicted molar refractivity (Wildman–Crippen MR) is 67.4 cm³/mol. The molecule has 1 heterocycles. The third kappa shape index (κ3) is 2.87. The highest BCUT2D eigenvalue weighted by molar-refractivity contribution is 7.14. The summed E-state index contributed by atoms with van der Waals surface area (Å²) in [6, 6.07) is 4.71. The zero-order valence-corrected chi connectivity index (χ0v) is 10.4. The molecule has 0 aliphatic heterocycles. The Balaban J connectivity index is 2.24. The van der Waals surface area contributed by atoms with Crippen LogP contribution in [0.3, 0.4) is 0 Å². The largest absolute Gasteiger partial charge is 0.330 e. The number of hydrogen-bond donors (Lipinski definition) is 1. The molecular formula is C12H14FN3S. The lowest BCUT2D eigenvalue weighted by atomic mass is 10.1. The predicted octanol–water partition coefficient (Wildman–Crippen LogP) is 2.54. The summed E-state index contributed by atoms with van der Waals surface area (Å²) in [4.78, 5) is 0. The second kappa shape index (κ2) is 5.33. The molecule has 0 spiro atoms. The first kappa shape index (κ1) is 12.1. The molecular weight excluding hydrogens is 237 g/mol. The monoisotopic (exact) mass is 251 g/mol. The second-order valence-electron chi connectivity index (χ2n) is 3.85. The van der Waals surface area contributed by atoms with Crippen LogP contribution in [0.25, 0.3) is 10.6 Å². The van der Waals surface area contributed by atoms with Crippen molar-refractivity contribution in [2.75, 3.05) is 6.54 Å². The lowest BCUT2D eigenvalue weighted by Gasteiger charge is -2.00. The SMILES string of the molecule is Cc1cc(F)ccc1-c1nnc(CCCN)s1. The van der Waals surface area contributed by atoms with Crippen molar-refractivity contribution in [1.29, 1.82) is 0 Å². The Hall–Kier alpha value is -1.33. The third-order valence-corrected chi connectivity index (χ3v) is 3.50. The molecule has 0 saturated heterocycles. The lowest BCUT2D eigenvalue weighted by Crippen LogP contribution is -1.99. The van der Waals surface area contributed by atoms with E-state index < -0.39 is 0 Å². The molecule has 0 atom stereocenters. The van der Waals surface area contributed by atoms with Crippen LogP contribution in [0.15, 0.2) is 18.2 Å². The molecule has 90 valence electrons. The van der Waals surface area contributed by atoms with Gasteiger partial charge in [0.2, 0.25) is 0 Å². The van der Waals surface area contributed by atoms with Gasteiger partial charge < -0.3 is 5.73 Å². The van der Waals surface area contributed by atoms with Crippen molar-refractivity contribution in [2.45, 2.75) is 19.8 Å². The second-order valence-corrected chi connectivity index (χ2v) is 4.91. The number of aryl methyl sites for hydroxylation is 2. The van der Waals surface area contributed by atoms with Crippen molar-refractivity contribution in [3.63, 3.8) is 0 Å². The summed E-state index contributed by atoms with van der Waals surface area (Å²) < 4.78 is 13.0. The molecule has 0 saturated carbocycles. The molecule has 2 N–H and O–H groups in total. The van der Waals surface area contributed by atoms with Crippen LogP contribution < -0.4 is 5.73 Å². The maximum Gasteiger partial charge on any atom is 0.148 e. The van der Waals surface area contributed by atoms with E-state index in [-0.39, 0.29) is 5.82 Å². The number of rotatable bonds is 4. The number of nitrogens with two attached hydrogens (primary N) is 1. The van der Waals surface area contributed by atoms with Gasteiger partial charge in [-0.1, -0.05) is 11.3 Å². The van der Waals surface area contributed by atoms with E-state index >= 15 is 0 Å². The molecule has 2 rings (SSSR count). The molecule has 1 aromatic heterocycles. The van der Waals surface area contributed by atoms with Gasteiger partial charge in [-0.05, 0) is 43.7 Å². The van der Waals surface area contributed by atoms with Crippen molar-refractivity contribution in [3.05, 3.63) is 34.6 Å². The molecule has 0 radical (unpaired) electrons. The van der Waals surface area contributed by atoms with Crippen LogP contribution in [0.5, 0.6) is 0 Å². The van der Waals surface area contributed by atoms with Gasteiger partial charge in [0.25, 0.3) is 0 Å². The van der Waals surface area contributed by atoms with Gasteiger partial charge in [0.1, 0.15) is 15.8 Å². The van der Waals surface area contributed by atoms with E-state index in [1.807, 2.05) is 6.92 Å². The molecule has 17 heavy (non-hydrogen) atoms. The fraction of sp³-hybridized carbons (Fsp3) is 0.333. The van der Waals surface area contributed by atoms with E-state index in [1.165, 1.54) is 12.1 Å². The normalized spacial score (nSPS) is 10.8. The van der Waals surface area contributed by atoms with E-state index in [2.05, 4.69) is 10.2 Å². The van der Waals surface area contributed by atoms with Gasteiger partial charge in [-0.25, -0.2) is 4.39 Å². The summed E-state index contributed by atoms with van der Waals surface area (Å²) >= 11 is 1.55.